The summed E-state index contributed by atoms with van der Waals surface area (Å²) < 4.78 is 34.4. The lowest BCUT2D eigenvalue weighted by molar-refractivity contribution is 0.0435. The van der Waals surface area contributed by atoms with Crippen LogP contribution in [0.15, 0.2) is 70.1 Å². The predicted octanol–water partition coefficient (Wildman–Crippen LogP) is 3.98. The van der Waals surface area contributed by atoms with Crippen LogP contribution in [0.25, 0.3) is 11.3 Å². The fourth-order valence-corrected chi connectivity index (χ4v) is 6.71. The number of benzene rings is 2. The van der Waals surface area contributed by atoms with Gasteiger partial charge in [0, 0.05) is 15.7 Å². The molecule has 29 heavy (non-hydrogen) atoms. The van der Waals surface area contributed by atoms with E-state index < -0.39 is 15.8 Å². The molecule has 8 heteroatoms. The molecule has 2 aromatic carbocycles. The van der Waals surface area contributed by atoms with E-state index in [1.165, 1.54) is 11.8 Å². The van der Waals surface area contributed by atoms with Gasteiger partial charge in [-0.1, -0.05) is 42.5 Å². The van der Waals surface area contributed by atoms with Gasteiger partial charge < -0.3 is 9.15 Å². The van der Waals surface area contributed by atoms with Gasteiger partial charge in [-0.2, -0.15) is 0 Å². The predicted molar refractivity (Wildman–Crippen MR) is 110 cm³/mol. The summed E-state index contributed by atoms with van der Waals surface area (Å²) in [5, 5.41) is -0.0471. The molecule has 6 nitrogen and oxygen atoms in total. The van der Waals surface area contributed by atoms with E-state index in [2.05, 4.69) is 4.98 Å². The maximum Gasteiger partial charge on any atom is 0.339 e. The first kappa shape index (κ1) is 19.7. The van der Waals surface area contributed by atoms with Crippen molar-refractivity contribution in [3.8, 4) is 11.3 Å². The van der Waals surface area contributed by atoms with Crippen molar-refractivity contribution in [2.75, 3.05) is 11.5 Å². The molecule has 1 atom stereocenters. The molecule has 0 amide bonds. The first-order chi connectivity index (χ1) is 14.0. The highest BCUT2D eigenvalue weighted by atomic mass is 32.2. The second-order valence-electron chi connectivity index (χ2n) is 6.70. The fourth-order valence-electron chi connectivity index (χ4n) is 3.09. The maximum absolute atomic E-state index is 12.6. The second kappa shape index (κ2) is 8.42. The zero-order chi connectivity index (χ0) is 20.3. The maximum atomic E-state index is 12.6. The third-order valence-corrected chi connectivity index (χ3v) is 7.85. The lowest BCUT2D eigenvalue weighted by atomic mass is 10.2. The molecule has 1 fully saturated rings. The molecule has 0 radical (unpaired) electrons. The Hall–Kier alpha value is -2.58. The number of ether oxygens (including phenoxy) is 1. The van der Waals surface area contributed by atoms with Crippen molar-refractivity contribution in [3.05, 3.63) is 72.2 Å². The van der Waals surface area contributed by atoms with Crippen molar-refractivity contribution in [2.24, 2.45) is 0 Å². The first-order valence-electron chi connectivity index (χ1n) is 9.13. The second-order valence-corrected chi connectivity index (χ2v) is 10.3. The quantitative estimate of drug-likeness (QED) is 0.548. The Morgan fingerprint density at radius 2 is 1.90 bits per heavy atom. The lowest BCUT2D eigenvalue weighted by Gasteiger charge is -2.11. The van der Waals surface area contributed by atoms with Crippen molar-refractivity contribution in [3.63, 3.8) is 0 Å². The van der Waals surface area contributed by atoms with E-state index in [4.69, 9.17) is 9.15 Å². The molecule has 0 N–H and O–H groups in total. The van der Waals surface area contributed by atoms with Gasteiger partial charge in [-0.3, -0.25) is 0 Å². The summed E-state index contributed by atoms with van der Waals surface area (Å²) in [6.45, 7) is -0.0809. The number of carbonyl (C=O) groups is 1. The minimum Gasteiger partial charge on any atom is -0.452 e. The molecular weight excluding hydrogens is 410 g/mol. The van der Waals surface area contributed by atoms with E-state index in [1.54, 1.807) is 18.3 Å². The Labute approximate surface area is 173 Å². The molecule has 0 unspecified atom stereocenters. The van der Waals surface area contributed by atoms with Crippen molar-refractivity contribution < 1.29 is 22.4 Å². The van der Waals surface area contributed by atoms with Crippen LogP contribution >= 0.6 is 11.8 Å². The summed E-state index contributed by atoms with van der Waals surface area (Å²) in [6.07, 6.45) is 2.19. The number of oxazole rings is 1. The number of hydrogen-bond donors (Lipinski definition) is 0. The SMILES string of the molecule is O=C(OCc1ncc(-c2ccccc2)o1)c1ccccc1S[C@H]1CCS(=O)(=O)C1. The van der Waals surface area contributed by atoms with Crippen LogP contribution in [-0.4, -0.2) is 36.1 Å². The summed E-state index contributed by atoms with van der Waals surface area (Å²) in [7, 11) is -2.97. The summed E-state index contributed by atoms with van der Waals surface area (Å²) in [4.78, 5) is 17.5. The number of esters is 1. The van der Waals surface area contributed by atoms with Gasteiger partial charge in [0.1, 0.15) is 0 Å². The number of hydrogen-bond acceptors (Lipinski definition) is 7. The van der Waals surface area contributed by atoms with Gasteiger partial charge in [0.15, 0.2) is 22.2 Å². The van der Waals surface area contributed by atoms with E-state index in [9.17, 15) is 13.2 Å². The third kappa shape index (κ3) is 4.89. The van der Waals surface area contributed by atoms with Gasteiger partial charge in [-0.05, 0) is 18.6 Å². The third-order valence-electron chi connectivity index (χ3n) is 4.53. The smallest absolute Gasteiger partial charge is 0.339 e. The van der Waals surface area contributed by atoms with Crippen LogP contribution in [-0.2, 0) is 21.2 Å². The Balaban J connectivity index is 1.41. The molecule has 4 rings (SSSR count). The molecule has 150 valence electrons. The van der Waals surface area contributed by atoms with Gasteiger partial charge in [0.25, 0.3) is 0 Å². The van der Waals surface area contributed by atoms with E-state index >= 15 is 0 Å². The topological polar surface area (TPSA) is 86.5 Å². The highest BCUT2D eigenvalue weighted by Gasteiger charge is 2.29. The Kier molecular flexibility index (Phi) is 5.73. The number of sulfone groups is 1. The molecule has 1 aliphatic rings. The number of rotatable bonds is 6. The zero-order valence-corrected chi connectivity index (χ0v) is 17.1. The van der Waals surface area contributed by atoms with Crippen LogP contribution in [0.5, 0.6) is 0 Å². The van der Waals surface area contributed by atoms with Crippen LogP contribution in [0.3, 0.4) is 0 Å². The first-order valence-corrected chi connectivity index (χ1v) is 11.8. The van der Waals surface area contributed by atoms with Crippen LogP contribution in [0.2, 0.25) is 0 Å². The molecule has 0 saturated carbocycles. The number of nitrogens with zero attached hydrogens (tertiary/aromatic N) is 1. The van der Waals surface area contributed by atoms with E-state index in [1.807, 2.05) is 42.5 Å². The largest absolute Gasteiger partial charge is 0.452 e. The summed E-state index contributed by atoms with van der Waals surface area (Å²) in [5.74, 6) is 0.762. The fraction of sp³-hybridized carbons (Fsp3) is 0.238. The summed E-state index contributed by atoms with van der Waals surface area (Å²) >= 11 is 1.41. The van der Waals surface area contributed by atoms with E-state index in [-0.39, 0.29) is 23.4 Å². The average Bonchev–Trinajstić information content (AvgIpc) is 3.33. The van der Waals surface area contributed by atoms with Crippen molar-refractivity contribution >= 4 is 27.6 Å². The minimum atomic E-state index is -2.97. The Morgan fingerprint density at radius 1 is 1.14 bits per heavy atom. The van der Waals surface area contributed by atoms with Crippen LogP contribution in [0.1, 0.15) is 22.7 Å². The lowest BCUT2D eigenvalue weighted by Crippen LogP contribution is -2.10. The zero-order valence-electron chi connectivity index (χ0n) is 15.5. The molecule has 1 aliphatic heterocycles. The van der Waals surface area contributed by atoms with Crippen molar-refractivity contribution in [1.82, 2.24) is 4.98 Å². The van der Waals surface area contributed by atoms with Gasteiger partial charge in [0.05, 0.1) is 23.3 Å². The Morgan fingerprint density at radius 3 is 2.66 bits per heavy atom. The minimum absolute atomic E-state index is 0.0471. The highest BCUT2D eigenvalue weighted by molar-refractivity contribution is 8.02. The number of thioether (sulfide) groups is 1. The van der Waals surface area contributed by atoms with Crippen molar-refractivity contribution in [2.45, 2.75) is 23.2 Å². The molecule has 0 bridgehead atoms. The van der Waals surface area contributed by atoms with Crippen LogP contribution in [0, 0.1) is 0 Å². The molecule has 0 aliphatic carbocycles. The van der Waals surface area contributed by atoms with E-state index in [0.717, 1.165) is 10.5 Å². The van der Waals surface area contributed by atoms with Crippen molar-refractivity contribution in [1.29, 1.82) is 0 Å². The molecule has 0 spiro atoms. The highest BCUT2D eigenvalue weighted by Crippen LogP contribution is 2.33. The average molecular weight is 430 g/mol. The van der Waals surface area contributed by atoms with Crippen LogP contribution in [0.4, 0.5) is 0 Å². The summed E-state index contributed by atoms with van der Waals surface area (Å²) in [6, 6.07) is 16.6. The summed E-state index contributed by atoms with van der Waals surface area (Å²) in [5.41, 5.74) is 1.31. The van der Waals surface area contributed by atoms with Gasteiger partial charge in [-0.15, -0.1) is 11.8 Å². The molecule has 3 aromatic rings. The van der Waals surface area contributed by atoms with Gasteiger partial charge in [0.2, 0.25) is 5.89 Å². The molecule has 1 aromatic heterocycles. The Bertz CT molecular complexity index is 1110. The molecule has 2 heterocycles. The number of aromatic nitrogens is 1. The molecular formula is C21H19NO5S2. The standard InChI is InChI=1S/C21H19NO5S2/c23-21(26-13-20-22-12-18(27-20)15-6-2-1-3-7-15)17-8-4-5-9-19(17)28-16-10-11-29(24,25)14-16/h1-9,12,16H,10-11,13-14H2/t16-/m0/s1. The van der Waals surface area contributed by atoms with Crippen LogP contribution < -0.4 is 0 Å². The molecule has 1 saturated heterocycles. The van der Waals surface area contributed by atoms with Gasteiger partial charge >= 0.3 is 5.97 Å². The van der Waals surface area contributed by atoms with Gasteiger partial charge in [-0.25, -0.2) is 18.2 Å². The number of carbonyl (C=O) groups excluding carboxylic acids is 1. The normalized spacial score (nSPS) is 17.9. The monoisotopic (exact) mass is 429 g/mol. The van der Waals surface area contributed by atoms with E-state index in [0.29, 0.717) is 23.6 Å².